The number of phenolic OH excluding ortho intramolecular Hbond substituents is 1. The summed E-state index contributed by atoms with van der Waals surface area (Å²) in [5.41, 5.74) is 2.33. The first-order valence-corrected chi connectivity index (χ1v) is 7.22. The van der Waals surface area contributed by atoms with Crippen molar-refractivity contribution >= 4 is 35.5 Å². The number of hydrogen-bond acceptors (Lipinski definition) is 4. The molecule has 6 heteroatoms. The van der Waals surface area contributed by atoms with Crippen LogP contribution in [0.1, 0.15) is 11.1 Å². The maximum atomic E-state index is 9.32. The Morgan fingerprint density at radius 3 is 2.38 bits per heavy atom. The topological polar surface area (TPSA) is 58.0 Å². The molecule has 4 nitrogen and oxygen atoms in total. The van der Waals surface area contributed by atoms with E-state index in [4.69, 9.17) is 11.6 Å². The first-order valence-electron chi connectivity index (χ1n) is 6.84. The number of nitrogens with one attached hydrogen (secondary N) is 1. The molecular weight excluding hydrogens is 345 g/mol. The molecular formula is C18H13Cl2N3O. The van der Waals surface area contributed by atoms with E-state index in [0.717, 1.165) is 11.3 Å². The lowest BCUT2D eigenvalue weighted by molar-refractivity contribution is 0.475. The van der Waals surface area contributed by atoms with E-state index < -0.39 is 0 Å². The Kier molecular flexibility index (Phi) is 6.02. The molecule has 0 atom stereocenters. The van der Waals surface area contributed by atoms with E-state index in [9.17, 15) is 5.11 Å². The quantitative estimate of drug-likeness (QED) is 0.527. The lowest BCUT2D eigenvalue weighted by atomic mass is 10.2. The summed E-state index contributed by atoms with van der Waals surface area (Å²) >= 11 is 5.86. The molecule has 0 aliphatic heterocycles. The fraction of sp³-hybridized carbons (Fsp3) is 0. The Bertz CT molecular complexity index is 869. The molecule has 120 valence electrons. The second kappa shape index (κ2) is 8.21. The highest BCUT2D eigenvalue weighted by atomic mass is 35.5. The minimum absolute atomic E-state index is 0. The number of phenols is 1. The van der Waals surface area contributed by atoms with Crippen molar-refractivity contribution in [2.75, 3.05) is 5.32 Å². The van der Waals surface area contributed by atoms with Crippen LogP contribution in [0.25, 0.3) is 0 Å². The minimum Gasteiger partial charge on any atom is -0.508 e. The van der Waals surface area contributed by atoms with Crippen LogP contribution in [-0.2, 0) is 0 Å². The van der Waals surface area contributed by atoms with Gasteiger partial charge in [0.1, 0.15) is 17.9 Å². The van der Waals surface area contributed by atoms with Crippen LogP contribution in [0.15, 0.2) is 61.1 Å². The third-order valence-corrected chi connectivity index (χ3v) is 3.28. The molecule has 0 fully saturated rings. The molecule has 1 heterocycles. The van der Waals surface area contributed by atoms with Crippen molar-refractivity contribution in [3.63, 3.8) is 0 Å². The van der Waals surface area contributed by atoms with Gasteiger partial charge in [0.15, 0.2) is 0 Å². The molecule has 0 aliphatic rings. The Labute approximate surface area is 151 Å². The lowest BCUT2D eigenvalue weighted by Gasteiger charge is -2.06. The molecule has 3 rings (SSSR count). The van der Waals surface area contributed by atoms with E-state index in [1.807, 2.05) is 12.1 Å². The van der Waals surface area contributed by atoms with Crippen LogP contribution in [0, 0.1) is 11.8 Å². The van der Waals surface area contributed by atoms with Crippen LogP contribution in [0.4, 0.5) is 11.5 Å². The van der Waals surface area contributed by atoms with Crippen LogP contribution in [0.5, 0.6) is 5.75 Å². The molecule has 3 aromatic rings. The van der Waals surface area contributed by atoms with Crippen LogP contribution in [-0.4, -0.2) is 15.1 Å². The highest BCUT2D eigenvalue weighted by Gasteiger charge is 2.02. The van der Waals surface area contributed by atoms with E-state index >= 15 is 0 Å². The average molecular weight is 358 g/mol. The summed E-state index contributed by atoms with van der Waals surface area (Å²) in [6.07, 6.45) is 3.11. The summed E-state index contributed by atoms with van der Waals surface area (Å²) in [6.45, 7) is 0. The first kappa shape index (κ1) is 17.6. The zero-order valence-electron chi connectivity index (χ0n) is 12.4. The van der Waals surface area contributed by atoms with E-state index in [2.05, 4.69) is 27.1 Å². The molecule has 0 saturated carbocycles. The molecule has 2 N–H and O–H groups in total. The summed E-state index contributed by atoms with van der Waals surface area (Å²) in [5, 5.41) is 13.2. The largest absolute Gasteiger partial charge is 0.508 e. The smallest absolute Gasteiger partial charge is 0.149 e. The summed E-state index contributed by atoms with van der Waals surface area (Å²) in [6, 6.07) is 14.0. The van der Waals surface area contributed by atoms with Gasteiger partial charge in [-0.2, -0.15) is 0 Å². The van der Waals surface area contributed by atoms with Gasteiger partial charge in [-0.05, 0) is 48.5 Å². The van der Waals surface area contributed by atoms with E-state index in [1.165, 1.54) is 6.33 Å². The second-order valence-corrected chi connectivity index (χ2v) is 5.15. The predicted octanol–water partition coefficient (Wildman–Crippen LogP) is 4.40. The minimum atomic E-state index is 0. The Hall–Kier alpha value is -2.74. The zero-order chi connectivity index (χ0) is 16.1. The highest BCUT2D eigenvalue weighted by Crippen LogP contribution is 2.19. The normalized spacial score (nSPS) is 9.38. The average Bonchev–Trinajstić information content (AvgIpc) is 2.58. The summed E-state index contributed by atoms with van der Waals surface area (Å²) in [5.74, 6) is 6.92. The summed E-state index contributed by atoms with van der Waals surface area (Å²) in [7, 11) is 0. The predicted molar refractivity (Wildman–Crippen MR) is 98.1 cm³/mol. The number of rotatable bonds is 2. The number of nitrogens with zero attached hydrogens (tertiary/aromatic N) is 2. The third-order valence-electron chi connectivity index (χ3n) is 3.03. The van der Waals surface area contributed by atoms with Gasteiger partial charge < -0.3 is 10.4 Å². The van der Waals surface area contributed by atoms with Gasteiger partial charge in [0, 0.05) is 22.5 Å². The molecule has 0 bridgehead atoms. The number of halogens is 2. The van der Waals surface area contributed by atoms with Gasteiger partial charge in [-0.15, -0.1) is 12.4 Å². The molecule has 2 aromatic carbocycles. The highest BCUT2D eigenvalue weighted by molar-refractivity contribution is 6.30. The number of aromatic nitrogens is 2. The van der Waals surface area contributed by atoms with E-state index in [1.54, 1.807) is 42.6 Å². The standard InChI is InChI=1S/C18H12ClN3O.ClH/c19-15-5-2-13(3-6-15)1-4-14-11-20-12-21-18(14)22-16-7-9-17(23)10-8-16;/h2-3,5-12,23H,(H,20,21,22);1H. The molecule has 0 saturated heterocycles. The monoisotopic (exact) mass is 357 g/mol. The Morgan fingerprint density at radius 1 is 0.958 bits per heavy atom. The van der Waals surface area contributed by atoms with Crippen LogP contribution in [0.3, 0.4) is 0 Å². The van der Waals surface area contributed by atoms with Crippen molar-refractivity contribution in [3.05, 3.63) is 77.2 Å². The summed E-state index contributed by atoms with van der Waals surface area (Å²) in [4.78, 5) is 8.23. The van der Waals surface area contributed by atoms with E-state index in [-0.39, 0.29) is 18.2 Å². The van der Waals surface area contributed by atoms with Crippen LogP contribution >= 0.6 is 24.0 Å². The van der Waals surface area contributed by atoms with Gasteiger partial charge in [-0.1, -0.05) is 23.4 Å². The SMILES string of the molecule is Cl.Oc1ccc(Nc2ncncc2C#Cc2ccc(Cl)cc2)cc1. The Morgan fingerprint density at radius 2 is 1.67 bits per heavy atom. The molecule has 1 aromatic heterocycles. The fourth-order valence-corrected chi connectivity index (χ4v) is 2.00. The molecule has 0 radical (unpaired) electrons. The molecule has 0 amide bonds. The van der Waals surface area contributed by atoms with Crippen LogP contribution < -0.4 is 5.32 Å². The molecule has 0 aliphatic carbocycles. The maximum Gasteiger partial charge on any atom is 0.149 e. The molecule has 0 spiro atoms. The maximum absolute atomic E-state index is 9.32. The lowest BCUT2D eigenvalue weighted by Crippen LogP contribution is -1.97. The van der Waals surface area contributed by atoms with Crippen molar-refractivity contribution < 1.29 is 5.11 Å². The third kappa shape index (κ3) is 4.63. The molecule has 24 heavy (non-hydrogen) atoms. The summed E-state index contributed by atoms with van der Waals surface area (Å²) < 4.78 is 0. The van der Waals surface area contributed by atoms with Gasteiger partial charge in [-0.3, -0.25) is 0 Å². The number of hydrogen-bond donors (Lipinski definition) is 2. The van der Waals surface area contributed by atoms with Crippen LogP contribution in [0.2, 0.25) is 5.02 Å². The van der Waals surface area contributed by atoms with Crippen molar-refractivity contribution in [3.8, 4) is 17.6 Å². The van der Waals surface area contributed by atoms with Gasteiger partial charge in [0.25, 0.3) is 0 Å². The van der Waals surface area contributed by atoms with E-state index in [0.29, 0.717) is 16.4 Å². The van der Waals surface area contributed by atoms with Gasteiger partial charge in [0.05, 0.1) is 5.56 Å². The van der Waals surface area contributed by atoms with Crippen molar-refractivity contribution in [2.45, 2.75) is 0 Å². The Balaban J connectivity index is 0.00000208. The van der Waals surface area contributed by atoms with Crippen molar-refractivity contribution in [1.29, 1.82) is 0 Å². The zero-order valence-corrected chi connectivity index (χ0v) is 14.0. The first-order chi connectivity index (χ1) is 11.2. The van der Waals surface area contributed by atoms with Gasteiger partial charge >= 0.3 is 0 Å². The number of benzene rings is 2. The number of anilines is 2. The fourth-order valence-electron chi connectivity index (χ4n) is 1.87. The van der Waals surface area contributed by atoms with Gasteiger partial charge in [-0.25, -0.2) is 9.97 Å². The van der Waals surface area contributed by atoms with Crippen molar-refractivity contribution in [2.24, 2.45) is 0 Å². The van der Waals surface area contributed by atoms with Gasteiger partial charge in [0.2, 0.25) is 0 Å². The molecule has 0 unspecified atom stereocenters. The van der Waals surface area contributed by atoms with Crippen molar-refractivity contribution in [1.82, 2.24) is 9.97 Å². The second-order valence-electron chi connectivity index (χ2n) is 4.71. The number of aromatic hydroxyl groups is 1.